The number of halogens is 2. The monoisotopic (exact) mass is 246 g/mol. The molecule has 0 aliphatic heterocycles. The number of hydrogen-bond acceptors (Lipinski definition) is 1. The third-order valence-corrected chi connectivity index (χ3v) is 7.44. The van der Waals surface area contributed by atoms with Gasteiger partial charge in [-0.05, 0) is 6.04 Å². The van der Waals surface area contributed by atoms with E-state index in [1.165, 1.54) is 0 Å². The average molecular weight is 248 g/mol. The summed E-state index contributed by atoms with van der Waals surface area (Å²) in [5, 5.41) is 0. The standard InChI is InChI=1S/C3H8Br2OSi/c1-3-7(4,5)6-2/h3H2,1-2H3. The maximum absolute atomic E-state index is 5.06. The minimum absolute atomic E-state index is 1.05. The lowest BCUT2D eigenvalue weighted by Gasteiger charge is -2.10. The Morgan fingerprint density at radius 3 is 2.00 bits per heavy atom. The Morgan fingerprint density at radius 1 is 1.57 bits per heavy atom. The first-order valence-corrected chi connectivity index (χ1v) is 8.68. The Labute approximate surface area is 60.7 Å². The van der Waals surface area contributed by atoms with Crippen LogP contribution in [0.4, 0.5) is 0 Å². The van der Waals surface area contributed by atoms with Crippen molar-refractivity contribution >= 4 is 36.1 Å². The highest BCUT2D eigenvalue weighted by Crippen LogP contribution is 2.24. The predicted molar refractivity (Wildman–Crippen MR) is 41.1 cm³/mol. The van der Waals surface area contributed by atoms with Gasteiger partial charge in [0.15, 0.2) is 0 Å². The van der Waals surface area contributed by atoms with Gasteiger partial charge in [-0.15, -0.1) is 0 Å². The van der Waals surface area contributed by atoms with Gasteiger partial charge >= 0.3 is 5.56 Å². The Balaban J connectivity index is 3.36. The summed E-state index contributed by atoms with van der Waals surface area (Å²) in [4.78, 5) is 0. The molecular formula is C3H8Br2OSi. The highest BCUT2D eigenvalue weighted by molar-refractivity contribution is 9.50. The largest absolute Gasteiger partial charge is 0.402 e. The first kappa shape index (κ1) is 8.14. The van der Waals surface area contributed by atoms with Crippen molar-refractivity contribution < 1.29 is 4.43 Å². The van der Waals surface area contributed by atoms with E-state index in [2.05, 4.69) is 37.5 Å². The van der Waals surface area contributed by atoms with Gasteiger partial charge in [0.25, 0.3) is 0 Å². The second kappa shape index (κ2) is 3.22. The van der Waals surface area contributed by atoms with Crippen molar-refractivity contribution in [3.8, 4) is 0 Å². The number of rotatable bonds is 2. The fourth-order valence-corrected chi connectivity index (χ4v) is 0.433. The van der Waals surface area contributed by atoms with E-state index in [0.717, 1.165) is 6.04 Å². The van der Waals surface area contributed by atoms with E-state index in [1.807, 2.05) is 0 Å². The van der Waals surface area contributed by atoms with Crippen molar-refractivity contribution in [3.63, 3.8) is 0 Å². The molecule has 0 radical (unpaired) electrons. The van der Waals surface area contributed by atoms with Gasteiger partial charge in [0, 0.05) is 7.11 Å². The van der Waals surface area contributed by atoms with Crippen LogP contribution in [0, 0.1) is 0 Å². The molecule has 0 aromatic rings. The minimum atomic E-state index is -1.53. The number of hydrogen-bond donors (Lipinski definition) is 0. The van der Waals surface area contributed by atoms with Gasteiger partial charge in [0.2, 0.25) is 0 Å². The zero-order valence-corrected chi connectivity index (χ0v) is 8.54. The Hall–Kier alpha value is 1.14. The van der Waals surface area contributed by atoms with Crippen molar-refractivity contribution in [2.75, 3.05) is 7.11 Å². The quantitative estimate of drug-likeness (QED) is 0.538. The normalized spacial score (nSPS) is 12.0. The van der Waals surface area contributed by atoms with E-state index in [1.54, 1.807) is 7.11 Å². The van der Waals surface area contributed by atoms with Crippen LogP contribution in [-0.2, 0) is 4.43 Å². The van der Waals surface area contributed by atoms with Crippen LogP contribution in [0.3, 0.4) is 0 Å². The molecule has 4 heteroatoms. The van der Waals surface area contributed by atoms with E-state index >= 15 is 0 Å². The molecule has 0 atom stereocenters. The van der Waals surface area contributed by atoms with E-state index in [4.69, 9.17) is 4.43 Å². The summed E-state index contributed by atoms with van der Waals surface area (Å²) in [5.41, 5.74) is -1.53. The second-order valence-corrected chi connectivity index (χ2v) is 14.5. The van der Waals surface area contributed by atoms with Gasteiger partial charge in [-0.2, -0.15) is 0 Å². The molecule has 0 aromatic heterocycles. The maximum atomic E-state index is 5.06. The molecule has 1 nitrogen and oxygen atoms in total. The van der Waals surface area contributed by atoms with E-state index < -0.39 is 5.56 Å². The Bertz CT molecular complexity index is 50.9. The zero-order valence-electron chi connectivity index (χ0n) is 4.37. The molecule has 0 N–H and O–H groups in total. The van der Waals surface area contributed by atoms with Gasteiger partial charge in [-0.1, -0.05) is 37.5 Å². The van der Waals surface area contributed by atoms with Crippen LogP contribution in [0.15, 0.2) is 0 Å². The lowest BCUT2D eigenvalue weighted by Crippen LogP contribution is -2.18. The molecule has 7 heavy (non-hydrogen) atoms. The van der Waals surface area contributed by atoms with Gasteiger partial charge < -0.3 is 4.43 Å². The summed E-state index contributed by atoms with van der Waals surface area (Å²) in [5.74, 6) is 0. The zero-order chi connectivity index (χ0) is 5.91. The highest BCUT2D eigenvalue weighted by Gasteiger charge is 2.22. The summed E-state index contributed by atoms with van der Waals surface area (Å²) in [6.45, 7) is 2.08. The molecule has 0 aromatic carbocycles. The molecule has 44 valence electrons. The minimum Gasteiger partial charge on any atom is -0.402 e. The lowest BCUT2D eigenvalue weighted by atomic mass is 11.0. The Kier molecular flexibility index (Phi) is 3.74. The van der Waals surface area contributed by atoms with Gasteiger partial charge in [-0.3, -0.25) is 0 Å². The SMILES string of the molecule is CC[Si](Br)(Br)OC. The molecule has 0 bridgehead atoms. The van der Waals surface area contributed by atoms with Crippen LogP contribution in [0.5, 0.6) is 0 Å². The van der Waals surface area contributed by atoms with Gasteiger partial charge in [-0.25, -0.2) is 0 Å². The second-order valence-electron chi connectivity index (χ2n) is 1.20. The van der Waals surface area contributed by atoms with Crippen LogP contribution in [0.2, 0.25) is 6.04 Å². The third kappa shape index (κ3) is 3.70. The third-order valence-electron chi connectivity index (χ3n) is 0.710. The van der Waals surface area contributed by atoms with E-state index in [0.29, 0.717) is 0 Å². The van der Waals surface area contributed by atoms with Crippen LogP contribution in [-0.4, -0.2) is 12.7 Å². The molecule has 0 saturated carbocycles. The topological polar surface area (TPSA) is 9.23 Å². The van der Waals surface area contributed by atoms with Gasteiger partial charge in [0.1, 0.15) is 0 Å². The molecule has 0 saturated heterocycles. The van der Waals surface area contributed by atoms with E-state index in [9.17, 15) is 0 Å². The van der Waals surface area contributed by atoms with Crippen LogP contribution in [0.25, 0.3) is 0 Å². The van der Waals surface area contributed by atoms with Gasteiger partial charge in [0.05, 0.1) is 0 Å². The van der Waals surface area contributed by atoms with Crippen LogP contribution >= 0.6 is 30.6 Å². The smallest absolute Gasteiger partial charge is 0.335 e. The van der Waals surface area contributed by atoms with Crippen LogP contribution < -0.4 is 0 Å². The predicted octanol–water partition coefficient (Wildman–Crippen LogP) is 2.38. The van der Waals surface area contributed by atoms with Crippen molar-refractivity contribution in [3.05, 3.63) is 0 Å². The molecule has 0 heterocycles. The summed E-state index contributed by atoms with van der Waals surface area (Å²) in [7, 11) is 1.71. The summed E-state index contributed by atoms with van der Waals surface area (Å²) in [6, 6.07) is 1.05. The fraction of sp³-hybridized carbons (Fsp3) is 1.00. The Morgan fingerprint density at radius 2 is 2.00 bits per heavy atom. The highest BCUT2D eigenvalue weighted by atomic mass is 79.9. The average Bonchev–Trinajstić information content (AvgIpc) is 1.68. The molecule has 0 spiro atoms. The molecule has 0 amide bonds. The summed E-state index contributed by atoms with van der Waals surface area (Å²) in [6.07, 6.45) is 0. The molecular weight excluding hydrogens is 240 g/mol. The summed E-state index contributed by atoms with van der Waals surface area (Å²) < 4.78 is 5.06. The van der Waals surface area contributed by atoms with Crippen molar-refractivity contribution in [1.82, 2.24) is 0 Å². The fourth-order valence-electron chi connectivity index (χ4n) is 0.144. The van der Waals surface area contributed by atoms with Crippen molar-refractivity contribution in [2.24, 2.45) is 0 Å². The summed E-state index contributed by atoms with van der Waals surface area (Å²) >= 11 is 6.83. The first-order valence-electron chi connectivity index (χ1n) is 2.05. The maximum Gasteiger partial charge on any atom is 0.335 e. The van der Waals surface area contributed by atoms with E-state index in [-0.39, 0.29) is 0 Å². The molecule has 0 aliphatic rings. The van der Waals surface area contributed by atoms with Crippen molar-refractivity contribution in [1.29, 1.82) is 0 Å². The lowest BCUT2D eigenvalue weighted by molar-refractivity contribution is 0.433. The molecule has 0 rings (SSSR count). The van der Waals surface area contributed by atoms with Crippen LogP contribution in [0.1, 0.15) is 6.92 Å². The first-order chi connectivity index (χ1) is 3.12. The molecule has 0 unspecified atom stereocenters. The molecule has 0 fully saturated rings. The molecule has 0 aliphatic carbocycles. The van der Waals surface area contributed by atoms with Crippen molar-refractivity contribution in [2.45, 2.75) is 13.0 Å².